The molecule has 0 fully saturated rings. The summed E-state index contributed by atoms with van der Waals surface area (Å²) >= 11 is 0. The van der Waals surface area contributed by atoms with Crippen molar-refractivity contribution in [3.63, 3.8) is 0 Å². The molecule has 0 spiro atoms. The van der Waals surface area contributed by atoms with Crippen LogP contribution in [0.4, 0.5) is 28.9 Å². The molecule has 2 rings (SSSR count). The molecule has 2 N–H and O–H groups in total. The van der Waals surface area contributed by atoms with Gasteiger partial charge in [-0.2, -0.15) is 0 Å². The number of hydrogen-bond acceptors (Lipinski definition) is 2. The minimum Gasteiger partial charge on any atom is -0.318 e. The van der Waals surface area contributed by atoms with E-state index >= 15 is 0 Å². The molecule has 0 heterocycles. The van der Waals surface area contributed by atoms with E-state index in [2.05, 4.69) is 5.32 Å². The van der Waals surface area contributed by atoms with Crippen LogP contribution in [0.1, 0.15) is 0 Å². The average Bonchev–Trinajstić information content (AvgIpc) is 2.47. The van der Waals surface area contributed by atoms with Crippen LogP contribution in [0.25, 0.3) is 0 Å². The summed E-state index contributed by atoms with van der Waals surface area (Å²) in [6.45, 7) is 0. The van der Waals surface area contributed by atoms with Crippen LogP contribution in [0, 0.1) is 23.3 Å². The van der Waals surface area contributed by atoms with Gasteiger partial charge in [0.05, 0.1) is 5.69 Å². The summed E-state index contributed by atoms with van der Waals surface area (Å²) < 4.78 is 52.0. The summed E-state index contributed by atoms with van der Waals surface area (Å²) in [4.78, 5) is 23.1. The van der Waals surface area contributed by atoms with E-state index in [4.69, 9.17) is 0 Å². The summed E-state index contributed by atoms with van der Waals surface area (Å²) in [7, 11) is 0. The number of hydrogen-bond donors (Lipinski definition) is 2. The Labute approximate surface area is 121 Å². The van der Waals surface area contributed by atoms with Gasteiger partial charge in [-0.3, -0.25) is 9.59 Å². The molecule has 0 saturated heterocycles. The van der Waals surface area contributed by atoms with Crippen molar-refractivity contribution >= 4 is 23.2 Å². The highest BCUT2D eigenvalue weighted by Gasteiger charge is 2.19. The Morgan fingerprint density at radius 3 is 2.18 bits per heavy atom. The number of benzene rings is 2. The molecule has 2 amide bonds. The molecule has 0 aromatic heterocycles. The van der Waals surface area contributed by atoms with E-state index in [-0.39, 0.29) is 5.69 Å². The molecule has 114 valence electrons. The minimum atomic E-state index is -1.77. The van der Waals surface area contributed by atoms with Crippen LogP contribution in [0.2, 0.25) is 0 Å². The molecule has 0 atom stereocenters. The van der Waals surface area contributed by atoms with Gasteiger partial charge in [-0.25, -0.2) is 17.6 Å². The van der Waals surface area contributed by atoms with Gasteiger partial charge in [0.25, 0.3) is 0 Å². The van der Waals surface area contributed by atoms with Gasteiger partial charge < -0.3 is 10.6 Å². The van der Waals surface area contributed by atoms with Crippen LogP contribution in [0.15, 0.2) is 36.4 Å². The molecule has 0 saturated carbocycles. The highest BCUT2D eigenvalue weighted by molar-refractivity contribution is 6.43. The van der Waals surface area contributed by atoms with E-state index < -0.39 is 40.8 Å². The summed E-state index contributed by atoms with van der Waals surface area (Å²) in [5.41, 5.74) is -0.691. The first kappa shape index (κ1) is 15.5. The Kier molecular flexibility index (Phi) is 4.40. The van der Waals surface area contributed by atoms with Crippen LogP contribution in [-0.2, 0) is 9.59 Å². The standard InChI is InChI=1S/C14H8F4N2O2/c15-7-2-1-3-8(6-7)19-13(21)14(22)20-10-5-4-9(16)11(17)12(10)18/h1-6H,(H,19,21)(H,20,22). The Balaban J connectivity index is 2.09. The lowest BCUT2D eigenvalue weighted by Gasteiger charge is -2.08. The second-order valence-electron chi connectivity index (χ2n) is 4.14. The lowest BCUT2D eigenvalue weighted by molar-refractivity contribution is -0.133. The Bertz CT molecular complexity index is 750. The fourth-order valence-electron chi connectivity index (χ4n) is 1.56. The SMILES string of the molecule is O=C(Nc1cccc(F)c1)C(=O)Nc1ccc(F)c(F)c1F. The van der Waals surface area contributed by atoms with E-state index in [1.54, 1.807) is 5.32 Å². The summed E-state index contributed by atoms with van der Waals surface area (Å²) in [5.74, 6) is -8.02. The first-order valence-electron chi connectivity index (χ1n) is 5.90. The molecule has 2 aromatic carbocycles. The third kappa shape index (κ3) is 3.40. The highest BCUT2D eigenvalue weighted by atomic mass is 19.2. The zero-order chi connectivity index (χ0) is 16.3. The molecule has 0 radical (unpaired) electrons. The number of halogens is 4. The second kappa shape index (κ2) is 6.25. The van der Waals surface area contributed by atoms with Gasteiger partial charge in [0.2, 0.25) is 0 Å². The van der Waals surface area contributed by atoms with Gasteiger partial charge in [0.15, 0.2) is 17.5 Å². The molecular formula is C14H8F4N2O2. The molecular weight excluding hydrogens is 304 g/mol. The molecule has 0 aliphatic carbocycles. The van der Waals surface area contributed by atoms with E-state index in [1.165, 1.54) is 12.1 Å². The molecule has 0 aliphatic heterocycles. The quantitative estimate of drug-likeness (QED) is 0.509. The highest BCUT2D eigenvalue weighted by Crippen LogP contribution is 2.19. The van der Waals surface area contributed by atoms with Gasteiger partial charge in [-0.15, -0.1) is 0 Å². The van der Waals surface area contributed by atoms with Crippen molar-refractivity contribution in [2.75, 3.05) is 10.6 Å². The lowest BCUT2D eigenvalue weighted by atomic mass is 10.2. The van der Waals surface area contributed by atoms with Crippen molar-refractivity contribution < 1.29 is 27.2 Å². The van der Waals surface area contributed by atoms with Crippen molar-refractivity contribution in [1.29, 1.82) is 0 Å². The fraction of sp³-hybridized carbons (Fsp3) is 0. The third-order valence-corrected chi connectivity index (χ3v) is 2.57. The van der Waals surface area contributed by atoms with Gasteiger partial charge in [-0.1, -0.05) is 6.07 Å². The van der Waals surface area contributed by atoms with Crippen LogP contribution in [0.3, 0.4) is 0 Å². The maximum absolute atomic E-state index is 13.4. The van der Waals surface area contributed by atoms with E-state index in [0.29, 0.717) is 6.07 Å². The van der Waals surface area contributed by atoms with Crippen molar-refractivity contribution in [3.8, 4) is 0 Å². The van der Waals surface area contributed by atoms with Gasteiger partial charge >= 0.3 is 11.8 Å². The summed E-state index contributed by atoms with van der Waals surface area (Å²) in [6, 6.07) is 6.08. The Morgan fingerprint density at radius 1 is 0.818 bits per heavy atom. The van der Waals surface area contributed by atoms with Crippen LogP contribution >= 0.6 is 0 Å². The largest absolute Gasteiger partial charge is 0.318 e. The number of nitrogens with one attached hydrogen (secondary N) is 2. The Hall–Kier alpha value is -2.90. The molecule has 0 unspecified atom stereocenters. The van der Waals surface area contributed by atoms with E-state index in [0.717, 1.165) is 18.2 Å². The molecule has 2 aromatic rings. The van der Waals surface area contributed by atoms with Crippen LogP contribution in [0.5, 0.6) is 0 Å². The number of amides is 2. The second-order valence-corrected chi connectivity index (χ2v) is 4.14. The van der Waals surface area contributed by atoms with Crippen LogP contribution < -0.4 is 10.6 Å². The van der Waals surface area contributed by atoms with Crippen LogP contribution in [-0.4, -0.2) is 11.8 Å². The zero-order valence-corrected chi connectivity index (χ0v) is 10.8. The van der Waals surface area contributed by atoms with Gasteiger partial charge in [0.1, 0.15) is 5.82 Å². The molecule has 8 heteroatoms. The predicted molar refractivity (Wildman–Crippen MR) is 70.0 cm³/mol. The predicted octanol–water partition coefficient (Wildman–Crippen LogP) is 2.82. The topological polar surface area (TPSA) is 58.2 Å². The van der Waals surface area contributed by atoms with Crippen molar-refractivity contribution in [2.24, 2.45) is 0 Å². The van der Waals surface area contributed by atoms with Gasteiger partial charge in [-0.05, 0) is 30.3 Å². The lowest BCUT2D eigenvalue weighted by Crippen LogP contribution is -2.29. The van der Waals surface area contributed by atoms with Gasteiger partial charge in [0, 0.05) is 5.69 Å². The number of anilines is 2. The number of carbonyl (C=O) groups is 2. The first-order chi connectivity index (χ1) is 10.4. The van der Waals surface area contributed by atoms with Crippen molar-refractivity contribution in [2.45, 2.75) is 0 Å². The van der Waals surface area contributed by atoms with E-state index in [9.17, 15) is 27.2 Å². The van der Waals surface area contributed by atoms with E-state index in [1.807, 2.05) is 0 Å². The fourth-order valence-corrected chi connectivity index (χ4v) is 1.56. The molecule has 0 bridgehead atoms. The number of carbonyl (C=O) groups excluding carboxylic acids is 2. The molecule has 4 nitrogen and oxygen atoms in total. The molecule has 0 aliphatic rings. The molecule has 22 heavy (non-hydrogen) atoms. The maximum Gasteiger partial charge on any atom is 0.314 e. The average molecular weight is 312 g/mol. The maximum atomic E-state index is 13.4. The third-order valence-electron chi connectivity index (χ3n) is 2.57. The Morgan fingerprint density at radius 2 is 1.50 bits per heavy atom. The van der Waals surface area contributed by atoms with Crippen molar-refractivity contribution in [3.05, 3.63) is 59.7 Å². The summed E-state index contributed by atoms with van der Waals surface area (Å²) in [6.07, 6.45) is 0. The normalized spacial score (nSPS) is 10.2. The number of rotatable bonds is 2. The summed E-state index contributed by atoms with van der Waals surface area (Å²) in [5, 5.41) is 3.85. The smallest absolute Gasteiger partial charge is 0.314 e. The first-order valence-corrected chi connectivity index (χ1v) is 5.90. The minimum absolute atomic E-state index is 0.00547. The monoisotopic (exact) mass is 312 g/mol. The van der Waals surface area contributed by atoms with Crippen molar-refractivity contribution in [1.82, 2.24) is 0 Å². The zero-order valence-electron chi connectivity index (χ0n) is 10.8.